The molecule has 0 saturated carbocycles. The minimum atomic E-state index is 0.606. The Morgan fingerprint density at radius 2 is 0.710 bits per heavy atom. The second kappa shape index (κ2) is 22.8. The predicted molar refractivity (Wildman–Crippen MR) is 255 cm³/mol. The average molecular weight is 830 g/mol. The van der Waals surface area contributed by atoms with Crippen molar-refractivity contribution in [2.75, 3.05) is 26.4 Å². The zero-order chi connectivity index (χ0) is 42.9. The monoisotopic (exact) mass is 829 g/mol. The number of rotatable bonds is 26. The largest absolute Gasteiger partial charge is 0.493 e. The van der Waals surface area contributed by atoms with Gasteiger partial charge in [0.1, 0.15) is 23.0 Å². The molecule has 0 N–H and O–H groups in total. The zero-order valence-corrected chi connectivity index (χ0v) is 36.6. The second-order valence-corrected chi connectivity index (χ2v) is 16.2. The van der Waals surface area contributed by atoms with Gasteiger partial charge in [0.2, 0.25) is 0 Å². The summed E-state index contributed by atoms with van der Waals surface area (Å²) >= 11 is 0. The lowest BCUT2D eigenvalue weighted by Crippen LogP contribution is -2.14. The van der Waals surface area contributed by atoms with Gasteiger partial charge in [-0.3, -0.25) is 0 Å². The Kier molecular flexibility index (Phi) is 16.2. The number of nitrogens with zero attached hydrogens (tertiary/aromatic N) is 3. The van der Waals surface area contributed by atoms with E-state index in [1.54, 1.807) is 0 Å². The van der Waals surface area contributed by atoms with Gasteiger partial charge in [-0.1, -0.05) is 54.6 Å². The fourth-order valence-corrected chi connectivity index (χ4v) is 8.30. The number of allylic oxidation sites excluding steroid dienone is 4. The van der Waals surface area contributed by atoms with Gasteiger partial charge in [0.05, 0.1) is 71.7 Å². The minimum absolute atomic E-state index is 0.606. The van der Waals surface area contributed by atoms with Crippen LogP contribution in [-0.4, -0.2) is 41.4 Å². The number of hydrogen-bond donors (Lipinski definition) is 0. The summed E-state index contributed by atoms with van der Waals surface area (Å²) in [5.74, 6) is 3.11. The molecule has 0 radical (unpaired) electrons. The number of aromatic nitrogens is 3. The van der Waals surface area contributed by atoms with Gasteiger partial charge in [-0.05, 0) is 161 Å². The topological polar surface area (TPSA) is 75.6 Å². The number of aryl methyl sites for hydroxylation is 4. The smallest absolute Gasteiger partial charge is 0.132 e. The van der Waals surface area contributed by atoms with Crippen LogP contribution in [0.1, 0.15) is 99.3 Å². The molecule has 7 rings (SSSR count). The first-order chi connectivity index (χ1) is 30.6. The maximum Gasteiger partial charge on any atom is 0.132 e. The molecule has 7 nitrogen and oxygen atoms in total. The average Bonchev–Trinajstić information content (AvgIpc) is 3.30. The van der Waals surface area contributed by atoms with Crippen molar-refractivity contribution in [3.63, 3.8) is 0 Å². The Morgan fingerprint density at radius 3 is 1.05 bits per heavy atom. The zero-order valence-electron chi connectivity index (χ0n) is 36.6. The molecule has 7 heteroatoms. The standard InChI is InChI=1S/C55H63N3O4/c1-5-9-13-17-35-59-46-23-21-24-47(60-36-18-14-10-6-2)50(46)44-33-31-40-27-29-42-39-43-30-28-41-32-34-45(57-53(41)55(43)58-54(42)52(40)56-44)51-48(61-37-19-15-11-7-3)25-22-26-49(51)62-38-20-16-12-8-4/h5-8,21-26,31-34,39H,1-4,9-20,27-30,35-38H2. The Labute approximate surface area is 369 Å². The third-order valence-corrected chi connectivity index (χ3v) is 11.6. The number of ether oxygens (including phenoxy) is 4. The van der Waals surface area contributed by atoms with E-state index in [0.29, 0.717) is 26.4 Å². The number of hydrogen-bond acceptors (Lipinski definition) is 7. The fourth-order valence-electron chi connectivity index (χ4n) is 8.30. The van der Waals surface area contributed by atoms with Crippen molar-refractivity contribution in [3.8, 4) is 68.3 Å². The summed E-state index contributed by atoms with van der Waals surface area (Å²) < 4.78 is 25.9. The summed E-state index contributed by atoms with van der Waals surface area (Å²) in [7, 11) is 0. The first-order valence-corrected chi connectivity index (χ1v) is 22.9. The van der Waals surface area contributed by atoms with Gasteiger partial charge in [-0.15, -0.1) is 26.3 Å². The SMILES string of the molecule is C=CCCCCOc1cccc(OCCCCC=C)c1-c1ccc2c(n1)-c1nc3c(cc1CC2)CCc1ccc(-c2c(OCCCCC=C)cccc2OCCCCC=C)nc1-3. The first-order valence-electron chi connectivity index (χ1n) is 22.9. The molecule has 2 aliphatic carbocycles. The minimum Gasteiger partial charge on any atom is -0.493 e. The van der Waals surface area contributed by atoms with Crippen LogP contribution in [0.2, 0.25) is 0 Å². The van der Waals surface area contributed by atoms with Crippen molar-refractivity contribution in [1.82, 2.24) is 15.0 Å². The Balaban J connectivity index is 1.25. The lowest BCUT2D eigenvalue weighted by Gasteiger charge is -2.25. The van der Waals surface area contributed by atoms with Crippen LogP contribution >= 0.6 is 0 Å². The lowest BCUT2D eigenvalue weighted by atomic mass is 9.86. The van der Waals surface area contributed by atoms with Gasteiger partial charge in [-0.2, -0.15) is 0 Å². The van der Waals surface area contributed by atoms with Gasteiger partial charge in [0.15, 0.2) is 0 Å². The van der Waals surface area contributed by atoms with Crippen molar-refractivity contribution in [2.45, 2.75) is 103 Å². The number of fused-ring (bicyclic) bond motifs is 6. The molecule has 2 aliphatic rings. The summed E-state index contributed by atoms with van der Waals surface area (Å²) in [6.45, 7) is 17.9. The van der Waals surface area contributed by atoms with E-state index in [0.717, 1.165) is 171 Å². The Bertz CT molecular complexity index is 2100. The molecule has 0 aliphatic heterocycles. The molecule has 3 heterocycles. The third-order valence-electron chi connectivity index (χ3n) is 11.6. The summed E-state index contributed by atoms with van der Waals surface area (Å²) in [5.41, 5.74) is 11.9. The molecule has 0 bridgehead atoms. The van der Waals surface area contributed by atoms with E-state index in [9.17, 15) is 0 Å². The van der Waals surface area contributed by atoms with Crippen LogP contribution in [0.25, 0.3) is 45.3 Å². The molecular weight excluding hydrogens is 767 g/mol. The quantitative estimate of drug-likeness (QED) is 0.0406. The van der Waals surface area contributed by atoms with Crippen LogP contribution < -0.4 is 18.9 Å². The second-order valence-electron chi connectivity index (χ2n) is 16.2. The molecule has 0 unspecified atom stereocenters. The molecule has 2 aromatic carbocycles. The highest BCUT2D eigenvalue weighted by Gasteiger charge is 2.28. The molecule has 5 aromatic rings. The molecule has 0 amide bonds. The van der Waals surface area contributed by atoms with Crippen molar-refractivity contribution in [2.24, 2.45) is 0 Å². The summed E-state index contributed by atoms with van der Waals surface area (Å²) in [6.07, 6.45) is 23.3. The molecule has 322 valence electrons. The van der Waals surface area contributed by atoms with Crippen molar-refractivity contribution in [3.05, 3.63) is 140 Å². The summed E-state index contributed by atoms with van der Waals surface area (Å²) in [4.78, 5) is 16.4. The first kappa shape index (κ1) is 44.1. The lowest BCUT2D eigenvalue weighted by molar-refractivity contribution is 0.294. The van der Waals surface area contributed by atoms with Gasteiger partial charge in [-0.25, -0.2) is 15.0 Å². The van der Waals surface area contributed by atoms with E-state index in [4.69, 9.17) is 33.9 Å². The van der Waals surface area contributed by atoms with Crippen LogP contribution in [0.15, 0.2) is 117 Å². The van der Waals surface area contributed by atoms with Crippen LogP contribution in [0.4, 0.5) is 0 Å². The van der Waals surface area contributed by atoms with Gasteiger partial charge in [0, 0.05) is 0 Å². The van der Waals surface area contributed by atoms with Crippen molar-refractivity contribution < 1.29 is 18.9 Å². The van der Waals surface area contributed by atoms with E-state index in [1.165, 1.54) is 22.3 Å². The molecule has 3 aromatic heterocycles. The Morgan fingerprint density at radius 1 is 0.387 bits per heavy atom. The molecule has 0 atom stereocenters. The van der Waals surface area contributed by atoms with Crippen LogP contribution in [0, 0.1) is 0 Å². The molecule has 0 saturated heterocycles. The number of unbranched alkanes of at least 4 members (excludes halogenated alkanes) is 8. The molecule has 62 heavy (non-hydrogen) atoms. The van der Waals surface area contributed by atoms with Crippen LogP contribution in [-0.2, 0) is 25.7 Å². The molecule has 0 spiro atoms. The normalized spacial score (nSPS) is 12.3. The van der Waals surface area contributed by atoms with E-state index < -0.39 is 0 Å². The highest BCUT2D eigenvalue weighted by atomic mass is 16.5. The van der Waals surface area contributed by atoms with E-state index in [1.807, 2.05) is 60.7 Å². The van der Waals surface area contributed by atoms with Crippen LogP contribution in [0.3, 0.4) is 0 Å². The summed E-state index contributed by atoms with van der Waals surface area (Å²) in [5, 5.41) is 0. The highest BCUT2D eigenvalue weighted by molar-refractivity contribution is 5.81. The van der Waals surface area contributed by atoms with Crippen molar-refractivity contribution >= 4 is 0 Å². The predicted octanol–water partition coefficient (Wildman–Crippen LogP) is 13.7. The van der Waals surface area contributed by atoms with Gasteiger partial charge < -0.3 is 18.9 Å². The van der Waals surface area contributed by atoms with E-state index in [2.05, 4.69) is 56.6 Å². The van der Waals surface area contributed by atoms with Crippen LogP contribution in [0.5, 0.6) is 23.0 Å². The maximum absolute atomic E-state index is 6.47. The highest BCUT2D eigenvalue weighted by Crippen LogP contribution is 2.44. The van der Waals surface area contributed by atoms with Crippen molar-refractivity contribution in [1.29, 1.82) is 0 Å². The number of benzene rings is 2. The maximum atomic E-state index is 6.47. The fraction of sp³-hybridized carbons (Fsp3) is 0.364. The number of pyridine rings is 3. The van der Waals surface area contributed by atoms with E-state index in [-0.39, 0.29) is 0 Å². The van der Waals surface area contributed by atoms with E-state index >= 15 is 0 Å². The molecular formula is C55H63N3O4. The van der Waals surface area contributed by atoms with Gasteiger partial charge >= 0.3 is 0 Å². The Hall–Kier alpha value is -5.95. The van der Waals surface area contributed by atoms with Gasteiger partial charge in [0.25, 0.3) is 0 Å². The summed E-state index contributed by atoms with van der Waals surface area (Å²) in [6, 6.07) is 23.2. The third kappa shape index (κ3) is 10.9. The molecule has 0 fully saturated rings.